The van der Waals surface area contributed by atoms with Crippen LogP contribution < -0.4 is 10.6 Å². The van der Waals surface area contributed by atoms with Gasteiger partial charge in [0, 0.05) is 19.8 Å². The molecule has 1 aromatic heterocycles. The number of nitrogens with zero attached hydrogens (tertiary/aromatic N) is 2. The second-order valence-electron chi connectivity index (χ2n) is 4.40. The third-order valence-electron chi connectivity index (χ3n) is 2.65. The number of hydrogen-bond donors (Lipinski definition) is 2. The molecule has 0 aliphatic carbocycles. The van der Waals surface area contributed by atoms with Gasteiger partial charge in [0.15, 0.2) is 0 Å². The highest BCUT2D eigenvalue weighted by Crippen LogP contribution is 2.01. The van der Waals surface area contributed by atoms with Crippen LogP contribution in [-0.4, -0.2) is 34.8 Å². The number of hydrogen-bond acceptors (Lipinski definition) is 3. The van der Waals surface area contributed by atoms with Crippen molar-refractivity contribution < 1.29 is 4.79 Å². The zero-order chi connectivity index (χ0) is 12.2. The lowest BCUT2D eigenvalue weighted by molar-refractivity contribution is -0.126. The van der Waals surface area contributed by atoms with Crippen LogP contribution in [0.15, 0.2) is 12.4 Å². The maximum atomic E-state index is 11.7. The van der Waals surface area contributed by atoms with Crippen molar-refractivity contribution in [3.05, 3.63) is 18.0 Å². The van der Waals surface area contributed by atoms with Gasteiger partial charge in [0.2, 0.25) is 5.91 Å². The average Bonchev–Trinajstić information content (AvgIpc) is 2.64. The van der Waals surface area contributed by atoms with E-state index in [9.17, 15) is 4.79 Å². The van der Waals surface area contributed by atoms with Gasteiger partial charge >= 0.3 is 0 Å². The summed E-state index contributed by atoms with van der Waals surface area (Å²) in [6, 6.07) is 0. The molecule has 16 heavy (non-hydrogen) atoms. The molecule has 1 aromatic rings. The molecule has 0 saturated carbocycles. The fourth-order valence-corrected chi connectivity index (χ4v) is 1.26. The number of carbonyl (C=O) groups is 1. The maximum Gasteiger partial charge on any atom is 0.239 e. The smallest absolute Gasteiger partial charge is 0.239 e. The molecule has 0 atom stereocenters. The summed E-state index contributed by atoms with van der Waals surface area (Å²) in [6.45, 7) is 4.34. The molecule has 2 N–H and O–H groups in total. The molecule has 0 fully saturated rings. The summed E-state index contributed by atoms with van der Waals surface area (Å²) in [7, 11) is 3.66. The Kier molecular flexibility index (Phi) is 4.06. The van der Waals surface area contributed by atoms with Crippen LogP contribution in [0.4, 0.5) is 0 Å². The second kappa shape index (κ2) is 5.12. The monoisotopic (exact) mass is 224 g/mol. The van der Waals surface area contributed by atoms with Crippen LogP contribution in [0, 0.1) is 0 Å². The Hall–Kier alpha value is -1.36. The van der Waals surface area contributed by atoms with E-state index in [-0.39, 0.29) is 5.91 Å². The Bertz CT molecular complexity index is 357. The average molecular weight is 224 g/mol. The van der Waals surface area contributed by atoms with E-state index >= 15 is 0 Å². The first kappa shape index (κ1) is 12.7. The van der Waals surface area contributed by atoms with Crippen molar-refractivity contribution in [2.24, 2.45) is 7.05 Å². The fourth-order valence-electron chi connectivity index (χ4n) is 1.26. The summed E-state index contributed by atoms with van der Waals surface area (Å²) in [5.41, 5.74) is 0.611. The summed E-state index contributed by atoms with van der Waals surface area (Å²) in [5, 5.41) is 9.93. The quantitative estimate of drug-likeness (QED) is 0.744. The molecule has 1 amide bonds. The van der Waals surface area contributed by atoms with Crippen molar-refractivity contribution in [1.29, 1.82) is 0 Å². The molecule has 0 unspecified atom stereocenters. The number of aryl methyl sites for hydroxylation is 1. The lowest BCUT2D eigenvalue weighted by atomic mass is 10.1. The van der Waals surface area contributed by atoms with E-state index in [4.69, 9.17) is 0 Å². The summed E-state index contributed by atoms with van der Waals surface area (Å²) in [6.07, 6.45) is 4.57. The first-order valence-electron chi connectivity index (χ1n) is 5.40. The van der Waals surface area contributed by atoms with Crippen molar-refractivity contribution in [3.63, 3.8) is 0 Å². The molecule has 0 aliphatic heterocycles. The van der Waals surface area contributed by atoms with Crippen LogP contribution >= 0.6 is 0 Å². The Labute approximate surface area is 96.2 Å². The van der Waals surface area contributed by atoms with Crippen LogP contribution in [0.1, 0.15) is 19.4 Å². The number of likely N-dealkylation sites (N-methyl/N-ethyl adjacent to an activating group) is 1. The number of nitrogens with one attached hydrogen (secondary N) is 2. The minimum Gasteiger partial charge on any atom is -0.354 e. The number of carbonyl (C=O) groups excluding carboxylic acids is 1. The minimum atomic E-state index is -0.519. The first-order chi connectivity index (χ1) is 7.45. The molecule has 0 aromatic carbocycles. The van der Waals surface area contributed by atoms with E-state index in [2.05, 4.69) is 15.7 Å². The van der Waals surface area contributed by atoms with Crippen LogP contribution in [0.25, 0.3) is 0 Å². The Morgan fingerprint density at radius 1 is 1.56 bits per heavy atom. The van der Waals surface area contributed by atoms with Gasteiger partial charge in [-0.3, -0.25) is 9.48 Å². The molecule has 5 nitrogen and oxygen atoms in total. The molecule has 0 bridgehead atoms. The number of amides is 1. The van der Waals surface area contributed by atoms with Crippen molar-refractivity contribution in [3.8, 4) is 0 Å². The summed E-state index contributed by atoms with van der Waals surface area (Å²) >= 11 is 0. The van der Waals surface area contributed by atoms with Gasteiger partial charge in [-0.2, -0.15) is 5.10 Å². The molecule has 1 heterocycles. The Morgan fingerprint density at radius 3 is 2.75 bits per heavy atom. The lowest BCUT2D eigenvalue weighted by Gasteiger charge is -2.22. The summed E-state index contributed by atoms with van der Waals surface area (Å²) < 4.78 is 1.76. The molecule has 0 spiro atoms. The van der Waals surface area contributed by atoms with E-state index < -0.39 is 5.54 Å². The fraction of sp³-hybridized carbons (Fsp3) is 0.636. The molecular weight excluding hydrogens is 204 g/mol. The largest absolute Gasteiger partial charge is 0.354 e. The predicted octanol–water partition coefficient (Wildman–Crippen LogP) is 0.0768. The van der Waals surface area contributed by atoms with Crippen LogP contribution in [0.3, 0.4) is 0 Å². The van der Waals surface area contributed by atoms with E-state index in [1.54, 1.807) is 11.7 Å². The van der Waals surface area contributed by atoms with Gasteiger partial charge in [-0.05, 0) is 32.9 Å². The van der Waals surface area contributed by atoms with Gasteiger partial charge in [-0.15, -0.1) is 0 Å². The maximum absolute atomic E-state index is 11.7. The van der Waals surface area contributed by atoms with Crippen LogP contribution in [0.5, 0.6) is 0 Å². The predicted molar refractivity (Wildman–Crippen MR) is 63.1 cm³/mol. The number of aromatic nitrogens is 2. The van der Waals surface area contributed by atoms with Crippen LogP contribution in [0.2, 0.25) is 0 Å². The summed E-state index contributed by atoms with van der Waals surface area (Å²) in [4.78, 5) is 11.7. The molecule has 5 heteroatoms. The SMILES string of the molecule is CNC(C)(C)C(=O)NCCc1cnn(C)c1. The zero-order valence-electron chi connectivity index (χ0n) is 10.4. The second-order valence-corrected chi connectivity index (χ2v) is 4.40. The van der Waals surface area contributed by atoms with E-state index in [0.29, 0.717) is 6.54 Å². The molecule has 90 valence electrons. The molecular formula is C11H20N4O. The Morgan fingerprint density at radius 2 is 2.25 bits per heavy atom. The van der Waals surface area contributed by atoms with E-state index in [0.717, 1.165) is 12.0 Å². The Balaban J connectivity index is 2.33. The zero-order valence-corrected chi connectivity index (χ0v) is 10.4. The highest BCUT2D eigenvalue weighted by atomic mass is 16.2. The third-order valence-corrected chi connectivity index (χ3v) is 2.65. The van der Waals surface area contributed by atoms with Gasteiger partial charge in [0.1, 0.15) is 0 Å². The first-order valence-corrected chi connectivity index (χ1v) is 5.40. The van der Waals surface area contributed by atoms with Gasteiger partial charge in [-0.1, -0.05) is 0 Å². The topological polar surface area (TPSA) is 59.0 Å². The molecule has 0 radical (unpaired) electrons. The van der Waals surface area contributed by atoms with Crippen molar-refractivity contribution in [2.45, 2.75) is 25.8 Å². The molecule has 0 saturated heterocycles. The van der Waals surface area contributed by atoms with Gasteiger partial charge in [0.25, 0.3) is 0 Å². The molecule has 1 rings (SSSR count). The minimum absolute atomic E-state index is 0.0129. The highest BCUT2D eigenvalue weighted by Gasteiger charge is 2.24. The van der Waals surface area contributed by atoms with Crippen LogP contribution in [-0.2, 0) is 18.3 Å². The highest BCUT2D eigenvalue weighted by molar-refractivity contribution is 5.85. The van der Waals surface area contributed by atoms with Crippen molar-refractivity contribution in [1.82, 2.24) is 20.4 Å². The number of rotatable bonds is 5. The lowest BCUT2D eigenvalue weighted by Crippen LogP contribution is -2.51. The summed E-state index contributed by atoms with van der Waals surface area (Å²) in [5.74, 6) is 0.0129. The van der Waals surface area contributed by atoms with Gasteiger partial charge in [0.05, 0.1) is 11.7 Å². The van der Waals surface area contributed by atoms with E-state index in [1.807, 2.05) is 33.3 Å². The van der Waals surface area contributed by atoms with Crippen molar-refractivity contribution in [2.75, 3.05) is 13.6 Å². The van der Waals surface area contributed by atoms with Gasteiger partial charge in [-0.25, -0.2) is 0 Å². The standard InChI is InChI=1S/C11H20N4O/c1-11(2,12-3)10(16)13-6-5-9-7-14-15(4)8-9/h7-8,12H,5-6H2,1-4H3,(H,13,16). The van der Waals surface area contributed by atoms with Crippen molar-refractivity contribution >= 4 is 5.91 Å². The van der Waals surface area contributed by atoms with Gasteiger partial charge < -0.3 is 10.6 Å². The molecule has 0 aliphatic rings. The normalized spacial score (nSPS) is 11.5. The third kappa shape index (κ3) is 3.34. The van der Waals surface area contributed by atoms with E-state index in [1.165, 1.54) is 0 Å².